The molecule has 0 aromatic heterocycles. The minimum atomic E-state index is -0.223. The Kier molecular flexibility index (Phi) is 6.06. The molecule has 0 bridgehead atoms. The molecule has 3 rings (SSSR count). The number of carbonyl (C=O) groups is 1. The van der Waals surface area contributed by atoms with Crippen molar-refractivity contribution in [1.82, 2.24) is 4.90 Å². The van der Waals surface area contributed by atoms with Crippen molar-refractivity contribution in [2.24, 2.45) is 0 Å². The average Bonchev–Trinajstić information content (AvgIpc) is 3.14. The van der Waals surface area contributed by atoms with E-state index in [9.17, 15) is 4.79 Å². The molecule has 1 heterocycles. The molecule has 2 aromatic rings. The van der Waals surface area contributed by atoms with Crippen LogP contribution in [-0.4, -0.2) is 37.4 Å². The SMILES string of the molecule is COc1ccc(NC(=O)N2CCSC2c2cccc(Cl)c2Cl)c(OC)c1. The molecule has 26 heavy (non-hydrogen) atoms. The zero-order chi connectivity index (χ0) is 18.7. The number of halogens is 2. The summed E-state index contributed by atoms with van der Waals surface area (Å²) in [5.41, 5.74) is 1.41. The fraction of sp³-hybridized carbons (Fsp3) is 0.278. The Labute approximate surface area is 166 Å². The van der Waals surface area contributed by atoms with Crippen molar-refractivity contribution in [2.45, 2.75) is 5.37 Å². The van der Waals surface area contributed by atoms with Crippen molar-refractivity contribution in [3.8, 4) is 11.5 Å². The van der Waals surface area contributed by atoms with Crippen LogP contribution in [0.5, 0.6) is 11.5 Å². The van der Waals surface area contributed by atoms with Crippen LogP contribution in [0.2, 0.25) is 10.0 Å². The van der Waals surface area contributed by atoms with E-state index in [-0.39, 0.29) is 11.4 Å². The first kappa shape index (κ1) is 19.0. The van der Waals surface area contributed by atoms with E-state index < -0.39 is 0 Å². The highest BCUT2D eigenvalue weighted by atomic mass is 35.5. The summed E-state index contributed by atoms with van der Waals surface area (Å²) in [6.07, 6.45) is 0. The monoisotopic (exact) mass is 412 g/mol. The summed E-state index contributed by atoms with van der Waals surface area (Å²) in [7, 11) is 3.12. The largest absolute Gasteiger partial charge is 0.497 e. The number of thioether (sulfide) groups is 1. The number of rotatable bonds is 4. The third-order valence-corrected chi connectivity index (χ3v) is 6.13. The van der Waals surface area contributed by atoms with E-state index in [4.69, 9.17) is 32.7 Å². The lowest BCUT2D eigenvalue weighted by atomic mass is 10.2. The quantitative estimate of drug-likeness (QED) is 0.740. The number of methoxy groups -OCH3 is 2. The number of hydrogen-bond acceptors (Lipinski definition) is 4. The number of amides is 2. The zero-order valence-electron chi connectivity index (χ0n) is 14.3. The van der Waals surface area contributed by atoms with Crippen LogP contribution in [0.25, 0.3) is 0 Å². The van der Waals surface area contributed by atoms with Gasteiger partial charge in [0.1, 0.15) is 16.9 Å². The van der Waals surface area contributed by atoms with Crippen molar-refractivity contribution in [1.29, 1.82) is 0 Å². The molecule has 1 N–H and O–H groups in total. The molecule has 138 valence electrons. The third kappa shape index (κ3) is 3.82. The van der Waals surface area contributed by atoms with Crippen molar-refractivity contribution >= 4 is 46.7 Å². The standard InChI is InChI=1S/C18H18Cl2N2O3S/c1-24-11-6-7-14(15(10-11)25-2)21-18(23)22-8-9-26-17(22)12-4-3-5-13(19)16(12)20/h3-7,10,17H,8-9H2,1-2H3,(H,21,23). The number of nitrogens with zero attached hydrogens (tertiary/aromatic N) is 1. The van der Waals surface area contributed by atoms with Gasteiger partial charge >= 0.3 is 6.03 Å². The Morgan fingerprint density at radius 1 is 1.23 bits per heavy atom. The summed E-state index contributed by atoms with van der Waals surface area (Å²) >= 11 is 14.1. The molecule has 1 fully saturated rings. The Balaban J connectivity index is 1.82. The molecule has 5 nitrogen and oxygen atoms in total. The molecule has 0 aliphatic carbocycles. The van der Waals surface area contributed by atoms with Gasteiger partial charge in [-0.3, -0.25) is 0 Å². The van der Waals surface area contributed by atoms with Gasteiger partial charge in [-0.15, -0.1) is 11.8 Å². The van der Waals surface area contributed by atoms with E-state index in [2.05, 4.69) is 5.32 Å². The topological polar surface area (TPSA) is 50.8 Å². The van der Waals surface area contributed by atoms with Gasteiger partial charge in [-0.25, -0.2) is 4.79 Å². The molecule has 0 radical (unpaired) electrons. The highest BCUT2D eigenvalue weighted by Crippen LogP contribution is 2.43. The fourth-order valence-corrected chi connectivity index (χ4v) is 4.49. The van der Waals surface area contributed by atoms with E-state index in [1.807, 2.05) is 12.1 Å². The molecular formula is C18H18Cl2N2O3S. The van der Waals surface area contributed by atoms with Gasteiger partial charge in [0.15, 0.2) is 0 Å². The highest BCUT2D eigenvalue weighted by Gasteiger charge is 2.32. The van der Waals surface area contributed by atoms with Gasteiger partial charge in [0.2, 0.25) is 0 Å². The number of benzene rings is 2. The van der Waals surface area contributed by atoms with Gasteiger partial charge in [-0.1, -0.05) is 35.3 Å². The summed E-state index contributed by atoms with van der Waals surface area (Å²) in [5.74, 6) is 2.00. The van der Waals surface area contributed by atoms with Crippen molar-refractivity contribution in [3.05, 3.63) is 52.0 Å². The molecule has 0 saturated carbocycles. The van der Waals surface area contributed by atoms with Crippen molar-refractivity contribution in [2.75, 3.05) is 31.8 Å². The lowest BCUT2D eigenvalue weighted by Crippen LogP contribution is -2.34. The zero-order valence-corrected chi connectivity index (χ0v) is 16.6. The Morgan fingerprint density at radius 3 is 2.77 bits per heavy atom. The van der Waals surface area contributed by atoms with E-state index in [1.54, 1.807) is 55.1 Å². The van der Waals surface area contributed by atoms with Crippen LogP contribution in [0.15, 0.2) is 36.4 Å². The van der Waals surface area contributed by atoms with Gasteiger partial charge in [0.25, 0.3) is 0 Å². The van der Waals surface area contributed by atoms with Crippen LogP contribution < -0.4 is 14.8 Å². The minimum Gasteiger partial charge on any atom is -0.497 e. The predicted molar refractivity (Wildman–Crippen MR) is 107 cm³/mol. The summed E-state index contributed by atoms with van der Waals surface area (Å²) in [4.78, 5) is 14.6. The molecule has 2 amide bonds. The lowest BCUT2D eigenvalue weighted by molar-refractivity contribution is 0.214. The number of anilines is 1. The lowest BCUT2D eigenvalue weighted by Gasteiger charge is -2.25. The van der Waals surface area contributed by atoms with Crippen LogP contribution in [0.1, 0.15) is 10.9 Å². The molecule has 2 aromatic carbocycles. The van der Waals surface area contributed by atoms with Crippen LogP contribution >= 0.6 is 35.0 Å². The van der Waals surface area contributed by atoms with Crippen LogP contribution in [-0.2, 0) is 0 Å². The highest BCUT2D eigenvalue weighted by molar-refractivity contribution is 7.99. The van der Waals surface area contributed by atoms with E-state index in [0.717, 1.165) is 11.3 Å². The fourth-order valence-electron chi connectivity index (χ4n) is 2.74. The van der Waals surface area contributed by atoms with E-state index >= 15 is 0 Å². The Bertz CT molecular complexity index is 819. The van der Waals surface area contributed by atoms with Gasteiger partial charge in [0.05, 0.1) is 30.0 Å². The number of carbonyl (C=O) groups excluding carboxylic acids is 1. The number of urea groups is 1. The van der Waals surface area contributed by atoms with Crippen molar-refractivity contribution in [3.63, 3.8) is 0 Å². The first-order chi connectivity index (χ1) is 12.5. The summed E-state index contributed by atoms with van der Waals surface area (Å²) in [5, 5.41) is 3.68. The maximum Gasteiger partial charge on any atom is 0.323 e. The molecule has 0 spiro atoms. The second-order valence-corrected chi connectivity index (χ2v) is 7.53. The molecule has 1 saturated heterocycles. The van der Waals surface area contributed by atoms with Gasteiger partial charge in [0, 0.05) is 23.9 Å². The van der Waals surface area contributed by atoms with Gasteiger partial charge in [-0.05, 0) is 18.2 Å². The Hall–Kier alpha value is -1.76. The second-order valence-electron chi connectivity index (χ2n) is 5.56. The maximum atomic E-state index is 12.9. The average molecular weight is 413 g/mol. The first-order valence-electron chi connectivity index (χ1n) is 7.90. The number of ether oxygens (including phenoxy) is 2. The molecular weight excluding hydrogens is 395 g/mol. The molecule has 1 atom stereocenters. The minimum absolute atomic E-state index is 0.189. The molecule has 1 aliphatic rings. The summed E-state index contributed by atoms with van der Waals surface area (Å²) in [6, 6.07) is 10.5. The van der Waals surface area contributed by atoms with Crippen LogP contribution in [0, 0.1) is 0 Å². The maximum absolute atomic E-state index is 12.9. The normalized spacial score (nSPS) is 16.5. The van der Waals surface area contributed by atoms with Crippen molar-refractivity contribution < 1.29 is 14.3 Å². The smallest absolute Gasteiger partial charge is 0.323 e. The van der Waals surface area contributed by atoms with E-state index in [1.165, 1.54) is 0 Å². The summed E-state index contributed by atoms with van der Waals surface area (Å²) in [6.45, 7) is 0.614. The summed E-state index contributed by atoms with van der Waals surface area (Å²) < 4.78 is 10.5. The predicted octanol–water partition coefficient (Wildman–Crippen LogP) is 5.29. The Morgan fingerprint density at radius 2 is 2.04 bits per heavy atom. The molecule has 1 unspecified atom stereocenters. The van der Waals surface area contributed by atoms with Crippen LogP contribution in [0.3, 0.4) is 0 Å². The third-order valence-electron chi connectivity index (χ3n) is 4.05. The van der Waals surface area contributed by atoms with Gasteiger partial charge in [-0.2, -0.15) is 0 Å². The first-order valence-corrected chi connectivity index (χ1v) is 9.70. The molecule has 1 aliphatic heterocycles. The van der Waals surface area contributed by atoms with Crippen LogP contribution in [0.4, 0.5) is 10.5 Å². The number of hydrogen-bond donors (Lipinski definition) is 1. The van der Waals surface area contributed by atoms with E-state index in [0.29, 0.717) is 33.8 Å². The second kappa shape index (κ2) is 8.29. The van der Waals surface area contributed by atoms with Gasteiger partial charge < -0.3 is 19.7 Å². The molecule has 8 heteroatoms. The number of nitrogens with one attached hydrogen (secondary N) is 1.